The van der Waals surface area contributed by atoms with Gasteiger partial charge in [-0.15, -0.1) is 0 Å². The first kappa shape index (κ1) is 11.8. The second-order valence-electron chi connectivity index (χ2n) is 3.53. The number of ether oxygens (including phenoxy) is 1. The molecule has 0 aromatic carbocycles. The second-order valence-corrected chi connectivity index (χ2v) is 3.53. The average molecular weight is 211 g/mol. The van der Waals surface area contributed by atoms with Crippen LogP contribution in [0.1, 0.15) is 19.8 Å². The van der Waals surface area contributed by atoms with Gasteiger partial charge in [0.25, 0.3) is 0 Å². The first-order valence-corrected chi connectivity index (χ1v) is 4.93. The molecule has 1 aliphatic rings. The summed E-state index contributed by atoms with van der Waals surface area (Å²) < 4.78 is 42.8. The summed E-state index contributed by atoms with van der Waals surface area (Å²) >= 11 is 0. The van der Waals surface area contributed by atoms with Crippen LogP contribution in [0.3, 0.4) is 0 Å². The van der Waals surface area contributed by atoms with Crippen molar-refractivity contribution < 1.29 is 17.9 Å². The zero-order chi connectivity index (χ0) is 10.6. The van der Waals surface area contributed by atoms with Crippen LogP contribution in [0.15, 0.2) is 0 Å². The van der Waals surface area contributed by atoms with Crippen molar-refractivity contribution in [1.29, 1.82) is 0 Å². The maximum atomic E-state index is 12.6. The fourth-order valence-electron chi connectivity index (χ4n) is 1.82. The van der Waals surface area contributed by atoms with Gasteiger partial charge in [0.1, 0.15) is 6.04 Å². The highest BCUT2D eigenvalue weighted by Crippen LogP contribution is 2.30. The van der Waals surface area contributed by atoms with E-state index in [9.17, 15) is 13.2 Å². The molecule has 1 unspecified atom stereocenters. The van der Waals surface area contributed by atoms with Gasteiger partial charge in [0.15, 0.2) is 0 Å². The van der Waals surface area contributed by atoms with Crippen molar-refractivity contribution in [3.63, 3.8) is 0 Å². The molecule has 14 heavy (non-hydrogen) atoms. The third kappa shape index (κ3) is 3.13. The number of hydrogen-bond donors (Lipinski definition) is 1. The minimum Gasteiger partial charge on any atom is -0.381 e. The second kappa shape index (κ2) is 4.98. The Balaban J connectivity index is 2.56. The van der Waals surface area contributed by atoms with E-state index in [-0.39, 0.29) is 5.92 Å². The number of halogens is 3. The molecule has 0 saturated carbocycles. The standard InChI is InChI=1S/C9H16F3NO/c1-2-13-8(9(10,11)12)7-3-5-14-6-4-7/h7-8,13H,2-6H2,1H3. The molecule has 1 rings (SSSR count). The van der Waals surface area contributed by atoms with Crippen LogP contribution in [-0.2, 0) is 4.74 Å². The Labute approximate surface area is 81.8 Å². The molecule has 1 fully saturated rings. The molecule has 84 valence electrons. The van der Waals surface area contributed by atoms with Crippen LogP contribution in [0.4, 0.5) is 13.2 Å². The van der Waals surface area contributed by atoms with E-state index in [2.05, 4.69) is 5.32 Å². The molecule has 1 heterocycles. The Morgan fingerprint density at radius 1 is 1.36 bits per heavy atom. The molecule has 0 aliphatic carbocycles. The van der Waals surface area contributed by atoms with Crippen molar-refractivity contribution in [3.8, 4) is 0 Å². The number of nitrogens with one attached hydrogen (secondary N) is 1. The van der Waals surface area contributed by atoms with Gasteiger partial charge >= 0.3 is 6.18 Å². The molecule has 1 atom stereocenters. The minimum atomic E-state index is -4.14. The monoisotopic (exact) mass is 211 g/mol. The summed E-state index contributed by atoms with van der Waals surface area (Å²) in [6.45, 7) is 2.94. The van der Waals surface area contributed by atoms with Crippen molar-refractivity contribution in [3.05, 3.63) is 0 Å². The van der Waals surface area contributed by atoms with Gasteiger partial charge in [-0.05, 0) is 25.3 Å². The Bertz CT molecular complexity index is 166. The lowest BCUT2D eigenvalue weighted by Crippen LogP contribution is -2.49. The lowest BCUT2D eigenvalue weighted by Gasteiger charge is -2.32. The Kier molecular flexibility index (Phi) is 4.19. The van der Waals surface area contributed by atoms with E-state index in [0.717, 1.165) is 0 Å². The molecular formula is C9H16F3NO. The largest absolute Gasteiger partial charge is 0.404 e. The molecule has 1 saturated heterocycles. The Morgan fingerprint density at radius 2 is 1.93 bits per heavy atom. The van der Waals surface area contributed by atoms with Gasteiger partial charge in [-0.25, -0.2) is 0 Å². The summed E-state index contributed by atoms with van der Waals surface area (Å²) in [5.41, 5.74) is 0. The maximum Gasteiger partial charge on any atom is 0.404 e. The third-order valence-electron chi connectivity index (χ3n) is 2.51. The van der Waals surface area contributed by atoms with Crippen molar-refractivity contribution in [1.82, 2.24) is 5.32 Å². The molecule has 0 aromatic rings. The molecule has 2 nitrogen and oxygen atoms in total. The summed E-state index contributed by atoms with van der Waals surface area (Å²) in [7, 11) is 0. The normalized spacial score (nSPS) is 22.3. The fraction of sp³-hybridized carbons (Fsp3) is 1.00. The molecule has 0 spiro atoms. The molecule has 1 aliphatic heterocycles. The van der Waals surface area contributed by atoms with Crippen LogP contribution < -0.4 is 5.32 Å². The molecule has 1 N–H and O–H groups in total. The summed E-state index contributed by atoms with van der Waals surface area (Å²) in [5, 5.41) is 2.51. The molecular weight excluding hydrogens is 195 g/mol. The van der Waals surface area contributed by atoms with E-state index in [1.807, 2.05) is 0 Å². The summed E-state index contributed by atoms with van der Waals surface area (Å²) in [5.74, 6) is -0.330. The van der Waals surface area contributed by atoms with Gasteiger partial charge in [0, 0.05) is 13.2 Å². The van der Waals surface area contributed by atoms with Crippen molar-refractivity contribution in [2.45, 2.75) is 32.0 Å². The molecule has 0 amide bonds. The van der Waals surface area contributed by atoms with Crippen LogP contribution in [0, 0.1) is 5.92 Å². The maximum absolute atomic E-state index is 12.6. The van der Waals surface area contributed by atoms with E-state index in [0.29, 0.717) is 32.6 Å². The average Bonchev–Trinajstić information content (AvgIpc) is 2.14. The smallest absolute Gasteiger partial charge is 0.381 e. The Morgan fingerprint density at radius 3 is 2.36 bits per heavy atom. The van der Waals surface area contributed by atoms with Gasteiger partial charge in [0.2, 0.25) is 0 Å². The van der Waals surface area contributed by atoms with Gasteiger partial charge in [-0.2, -0.15) is 13.2 Å². The number of hydrogen-bond acceptors (Lipinski definition) is 2. The molecule has 0 bridgehead atoms. The molecule has 0 aromatic heterocycles. The first-order valence-electron chi connectivity index (χ1n) is 4.93. The number of rotatable bonds is 3. The van der Waals surface area contributed by atoms with Gasteiger partial charge in [-0.1, -0.05) is 6.92 Å². The lowest BCUT2D eigenvalue weighted by molar-refractivity contribution is -0.173. The Hall–Kier alpha value is -0.290. The summed E-state index contributed by atoms with van der Waals surface area (Å²) in [6.07, 6.45) is -3.15. The van der Waals surface area contributed by atoms with Crippen LogP contribution in [0.2, 0.25) is 0 Å². The van der Waals surface area contributed by atoms with Crippen LogP contribution >= 0.6 is 0 Å². The van der Waals surface area contributed by atoms with E-state index in [1.165, 1.54) is 0 Å². The van der Waals surface area contributed by atoms with E-state index >= 15 is 0 Å². The van der Waals surface area contributed by atoms with Crippen LogP contribution in [0.25, 0.3) is 0 Å². The molecule has 5 heteroatoms. The zero-order valence-corrected chi connectivity index (χ0v) is 8.23. The highest BCUT2D eigenvalue weighted by Gasteiger charge is 2.44. The van der Waals surface area contributed by atoms with Crippen LogP contribution in [0.5, 0.6) is 0 Å². The van der Waals surface area contributed by atoms with Crippen molar-refractivity contribution in [2.75, 3.05) is 19.8 Å². The molecule has 0 radical (unpaired) electrons. The van der Waals surface area contributed by atoms with E-state index in [4.69, 9.17) is 4.74 Å². The minimum absolute atomic E-state index is 0.330. The fourth-order valence-corrected chi connectivity index (χ4v) is 1.82. The zero-order valence-electron chi connectivity index (χ0n) is 8.23. The van der Waals surface area contributed by atoms with E-state index in [1.54, 1.807) is 6.92 Å². The third-order valence-corrected chi connectivity index (χ3v) is 2.51. The SMILES string of the molecule is CCNC(C1CCOCC1)C(F)(F)F. The van der Waals surface area contributed by atoms with Crippen molar-refractivity contribution >= 4 is 0 Å². The predicted molar refractivity (Wildman–Crippen MR) is 47.1 cm³/mol. The predicted octanol–water partition coefficient (Wildman–Crippen LogP) is 1.95. The summed E-state index contributed by atoms with van der Waals surface area (Å²) in [6, 6.07) is -1.36. The van der Waals surface area contributed by atoms with Gasteiger partial charge in [-0.3, -0.25) is 0 Å². The highest BCUT2D eigenvalue weighted by molar-refractivity contribution is 4.83. The van der Waals surface area contributed by atoms with Gasteiger partial charge in [0.05, 0.1) is 0 Å². The van der Waals surface area contributed by atoms with Crippen LogP contribution in [-0.4, -0.2) is 32.0 Å². The lowest BCUT2D eigenvalue weighted by atomic mass is 9.91. The first-order chi connectivity index (χ1) is 6.55. The van der Waals surface area contributed by atoms with Gasteiger partial charge < -0.3 is 10.1 Å². The summed E-state index contributed by atoms with van der Waals surface area (Å²) in [4.78, 5) is 0. The highest BCUT2D eigenvalue weighted by atomic mass is 19.4. The van der Waals surface area contributed by atoms with E-state index < -0.39 is 12.2 Å². The topological polar surface area (TPSA) is 21.3 Å². The quantitative estimate of drug-likeness (QED) is 0.770. The van der Waals surface area contributed by atoms with Crippen molar-refractivity contribution in [2.24, 2.45) is 5.92 Å². The number of alkyl halides is 3.